The van der Waals surface area contributed by atoms with E-state index < -0.39 is 0 Å². The van der Waals surface area contributed by atoms with Crippen LogP contribution in [0, 0.1) is 0 Å². The molecule has 5 nitrogen and oxygen atoms in total. The number of amides is 1. The summed E-state index contributed by atoms with van der Waals surface area (Å²) < 4.78 is 0. The zero-order chi connectivity index (χ0) is 16.8. The van der Waals surface area contributed by atoms with Crippen molar-refractivity contribution < 1.29 is 4.79 Å². The van der Waals surface area contributed by atoms with Crippen molar-refractivity contribution in [1.82, 2.24) is 14.8 Å². The van der Waals surface area contributed by atoms with E-state index in [0.29, 0.717) is 11.7 Å². The second kappa shape index (κ2) is 8.37. The number of benzene rings is 1. The third-order valence-electron chi connectivity index (χ3n) is 4.19. The molecule has 1 saturated heterocycles. The van der Waals surface area contributed by atoms with Gasteiger partial charge in [0, 0.05) is 37.1 Å². The zero-order valence-electron chi connectivity index (χ0n) is 14.1. The Morgan fingerprint density at radius 2 is 1.88 bits per heavy atom. The molecule has 1 fully saturated rings. The predicted molar refractivity (Wildman–Crippen MR) is 99.4 cm³/mol. The van der Waals surface area contributed by atoms with Gasteiger partial charge in [-0.15, -0.1) is 11.3 Å². The third-order valence-corrected chi connectivity index (χ3v) is 4.95. The summed E-state index contributed by atoms with van der Waals surface area (Å²) in [6.07, 6.45) is 1.19. The summed E-state index contributed by atoms with van der Waals surface area (Å²) in [5.41, 5.74) is 1.98. The number of anilines is 1. The highest BCUT2D eigenvalue weighted by atomic mass is 32.1. The molecule has 3 rings (SSSR count). The van der Waals surface area contributed by atoms with Crippen LogP contribution in [-0.2, 0) is 4.79 Å². The number of hydrogen-bond donors (Lipinski definition) is 1. The minimum absolute atomic E-state index is 0.0212. The second-order valence-electron chi connectivity index (χ2n) is 6.07. The van der Waals surface area contributed by atoms with Crippen molar-refractivity contribution in [2.75, 3.05) is 44.6 Å². The van der Waals surface area contributed by atoms with Crippen LogP contribution in [0.2, 0.25) is 0 Å². The van der Waals surface area contributed by atoms with Crippen molar-refractivity contribution in [1.29, 1.82) is 0 Å². The molecule has 1 aliphatic heterocycles. The van der Waals surface area contributed by atoms with Crippen LogP contribution in [0.5, 0.6) is 0 Å². The summed E-state index contributed by atoms with van der Waals surface area (Å²) >= 11 is 1.47. The quantitative estimate of drug-likeness (QED) is 0.875. The van der Waals surface area contributed by atoms with Gasteiger partial charge in [0.25, 0.3) is 0 Å². The van der Waals surface area contributed by atoms with Gasteiger partial charge in [0.15, 0.2) is 5.13 Å². The molecule has 2 aromatic rings. The van der Waals surface area contributed by atoms with Crippen molar-refractivity contribution in [3.63, 3.8) is 0 Å². The monoisotopic (exact) mass is 344 g/mol. The fourth-order valence-electron chi connectivity index (χ4n) is 2.92. The van der Waals surface area contributed by atoms with Gasteiger partial charge < -0.3 is 10.2 Å². The van der Waals surface area contributed by atoms with Crippen LogP contribution in [0.4, 0.5) is 5.13 Å². The van der Waals surface area contributed by atoms with E-state index in [1.807, 2.05) is 35.7 Å². The Morgan fingerprint density at radius 3 is 2.58 bits per heavy atom. The van der Waals surface area contributed by atoms with Gasteiger partial charge in [-0.3, -0.25) is 9.69 Å². The van der Waals surface area contributed by atoms with Crippen LogP contribution in [0.25, 0.3) is 11.3 Å². The van der Waals surface area contributed by atoms with Gasteiger partial charge in [0.1, 0.15) is 0 Å². The maximum Gasteiger partial charge on any atom is 0.240 e. The SMILES string of the molecule is CCCN1CCN(CC(=O)Nc2nc(-c3ccccc3)cs2)CC1. The number of piperazine rings is 1. The maximum absolute atomic E-state index is 12.2. The van der Waals surface area contributed by atoms with Crippen molar-refractivity contribution in [2.24, 2.45) is 0 Å². The fourth-order valence-corrected chi connectivity index (χ4v) is 3.66. The van der Waals surface area contributed by atoms with E-state index in [1.165, 1.54) is 17.8 Å². The van der Waals surface area contributed by atoms with Gasteiger partial charge in [-0.1, -0.05) is 37.3 Å². The predicted octanol–water partition coefficient (Wildman–Crippen LogP) is 2.78. The normalized spacial score (nSPS) is 16.2. The van der Waals surface area contributed by atoms with Crippen LogP contribution in [0.1, 0.15) is 13.3 Å². The van der Waals surface area contributed by atoms with Crippen LogP contribution in [-0.4, -0.2) is 60.0 Å². The molecule has 6 heteroatoms. The summed E-state index contributed by atoms with van der Waals surface area (Å²) in [5, 5.41) is 5.58. The molecule has 0 spiro atoms. The second-order valence-corrected chi connectivity index (χ2v) is 6.93. The summed E-state index contributed by atoms with van der Waals surface area (Å²) in [7, 11) is 0. The first kappa shape index (κ1) is 17.1. The number of nitrogens with one attached hydrogen (secondary N) is 1. The van der Waals surface area contributed by atoms with Crippen molar-refractivity contribution in [2.45, 2.75) is 13.3 Å². The molecule has 1 aromatic heterocycles. The summed E-state index contributed by atoms with van der Waals surface area (Å²) in [5.74, 6) is 0.0212. The Morgan fingerprint density at radius 1 is 1.17 bits per heavy atom. The largest absolute Gasteiger partial charge is 0.301 e. The first-order valence-electron chi connectivity index (χ1n) is 8.50. The van der Waals surface area contributed by atoms with Crippen LogP contribution in [0.15, 0.2) is 35.7 Å². The van der Waals surface area contributed by atoms with Crippen molar-refractivity contribution >= 4 is 22.4 Å². The zero-order valence-corrected chi connectivity index (χ0v) is 14.9. The van der Waals surface area contributed by atoms with Gasteiger partial charge in [-0.25, -0.2) is 4.98 Å². The van der Waals surface area contributed by atoms with Gasteiger partial charge >= 0.3 is 0 Å². The van der Waals surface area contributed by atoms with E-state index >= 15 is 0 Å². The molecule has 128 valence electrons. The minimum atomic E-state index is 0.0212. The molecule has 0 aliphatic carbocycles. The molecule has 1 aromatic carbocycles. The lowest BCUT2D eigenvalue weighted by Gasteiger charge is -2.33. The molecule has 0 radical (unpaired) electrons. The van der Waals surface area contributed by atoms with E-state index in [-0.39, 0.29) is 5.91 Å². The lowest BCUT2D eigenvalue weighted by atomic mass is 10.2. The molecule has 0 saturated carbocycles. The number of hydrogen-bond acceptors (Lipinski definition) is 5. The van der Waals surface area contributed by atoms with Crippen LogP contribution >= 0.6 is 11.3 Å². The molecule has 1 aliphatic rings. The highest BCUT2D eigenvalue weighted by molar-refractivity contribution is 7.14. The average molecular weight is 344 g/mol. The van der Waals surface area contributed by atoms with E-state index in [9.17, 15) is 4.79 Å². The van der Waals surface area contributed by atoms with Gasteiger partial charge in [0.05, 0.1) is 12.2 Å². The highest BCUT2D eigenvalue weighted by Gasteiger charge is 2.18. The smallest absolute Gasteiger partial charge is 0.240 e. The number of carbonyl (C=O) groups excluding carboxylic acids is 1. The molecular weight excluding hydrogens is 320 g/mol. The lowest BCUT2D eigenvalue weighted by Crippen LogP contribution is -2.48. The Kier molecular flexibility index (Phi) is 5.96. The third kappa shape index (κ3) is 4.63. The molecule has 2 heterocycles. The summed E-state index contributed by atoms with van der Waals surface area (Å²) in [6.45, 7) is 7.83. The Bertz CT molecular complexity index is 650. The summed E-state index contributed by atoms with van der Waals surface area (Å²) in [6, 6.07) is 10.0. The first-order valence-corrected chi connectivity index (χ1v) is 9.38. The number of carbonyl (C=O) groups is 1. The van der Waals surface area contributed by atoms with Gasteiger partial charge in [-0.2, -0.15) is 0 Å². The standard InChI is InChI=1S/C18H24N4OS/c1-2-8-21-9-11-22(12-10-21)13-17(23)20-18-19-16(14-24-18)15-6-4-3-5-7-15/h3-7,14H,2,8-13H2,1H3,(H,19,20,23). The van der Waals surface area contributed by atoms with Crippen molar-refractivity contribution in [3.05, 3.63) is 35.7 Å². The topological polar surface area (TPSA) is 48.5 Å². The van der Waals surface area contributed by atoms with E-state index in [0.717, 1.165) is 44.0 Å². The number of thiazole rings is 1. The molecule has 1 amide bonds. The van der Waals surface area contributed by atoms with Crippen LogP contribution < -0.4 is 5.32 Å². The molecule has 0 bridgehead atoms. The highest BCUT2D eigenvalue weighted by Crippen LogP contribution is 2.24. The number of aromatic nitrogens is 1. The van der Waals surface area contributed by atoms with E-state index in [4.69, 9.17) is 0 Å². The summed E-state index contributed by atoms with van der Waals surface area (Å²) in [4.78, 5) is 21.4. The lowest BCUT2D eigenvalue weighted by molar-refractivity contribution is -0.117. The Hall–Kier alpha value is -1.76. The number of nitrogens with zero attached hydrogens (tertiary/aromatic N) is 3. The van der Waals surface area contributed by atoms with Gasteiger partial charge in [0.2, 0.25) is 5.91 Å². The molecule has 0 unspecified atom stereocenters. The first-order chi connectivity index (χ1) is 11.7. The minimum Gasteiger partial charge on any atom is -0.301 e. The average Bonchev–Trinajstić information content (AvgIpc) is 3.06. The fraction of sp³-hybridized carbons (Fsp3) is 0.444. The Balaban J connectivity index is 1.48. The van der Waals surface area contributed by atoms with E-state index in [2.05, 4.69) is 27.0 Å². The molecule has 1 N–H and O–H groups in total. The van der Waals surface area contributed by atoms with Crippen molar-refractivity contribution in [3.8, 4) is 11.3 Å². The molecular formula is C18H24N4OS. The molecule has 0 atom stereocenters. The molecule has 24 heavy (non-hydrogen) atoms. The van der Waals surface area contributed by atoms with Crippen LogP contribution in [0.3, 0.4) is 0 Å². The van der Waals surface area contributed by atoms with E-state index in [1.54, 1.807) is 0 Å². The maximum atomic E-state index is 12.2. The number of rotatable bonds is 6. The Labute approximate surface area is 147 Å². The van der Waals surface area contributed by atoms with Gasteiger partial charge in [-0.05, 0) is 13.0 Å².